The summed E-state index contributed by atoms with van der Waals surface area (Å²) < 4.78 is 13.4. The molecule has 82 valence electrons. The van der Waals surface area contributed by atoms with E-state index >= 15 is 0 Å². The van der Waals surface area contributed by atoms with Gasteiger partial charge in [-0.05, 0) is 17.9 Å². The second-order valence-corrected chi connectivity index (χ2v) is 4.00. The molecule has 0 saturated carbocycles. The molecule has 0 bridgehead atoms. The molecule has 1 unspecified atom stereocenters. The minimum atomic E-state index is -1.92. The molecule has 1 aromatic carbocycles. The van der Waals surface area contributed by atoms with Crippen LogP contribution in [-0.4, -0.2) is 11.1 Å². The monoisotopic (exact) mass is 210 g/mol. The number of carboxylic acids is 1. The first-order valence-electron chi connectivity index (χ1n) is 4.97. The van der Waals surface area contributed by atoms with Gasteiger partial charge in [-0.2, -0.15) is 0 Å². The standard InChI is InChI=1S/C12H15FO2/c1-8(2)7-9-5-3-4-6-10(9)11(13)12(14)15/h3-6,8,11H,7H2,1-2H3,(H,14,15). The smallest absolute Gasteiger partial charge is 0.343 e. The first-order valence-corrected chi connectivity index (χ1v) is 4.97. The first kappa shape index (κ1) is 11.7. The third kappa shape index (κ3) is 3.05. The Morgan fingerprint density at radius 3 is 2.53 bits per heavy atom. The molecule has 1 atom stereocenters. The number of rotatable bonds is 4. The maximum atomic E-state index is 13.4. The van der Waals surface area contributed by atoms with E-state index in [1.54, 1.807) is 18.2 Å². The SMILES string of the molecule is CC(C)Cc1ccccc1C(F)C(=O)O. The maximum Gasteiger partial charge on any atom is 0.343 e. The van der Waals surface area contributed by atoms with Gasteiger partial charge >= 0.3 is 5.97 Å². The van der Waals surface area contributed by atoms with Crippen LogP contribution in [0.4, 0.5) is 4.39 Å². The molecule has 0 fully saturated rings. The van der Waals surface area contributed by atoms with Gasteiger partial charge in [0.2, 0.25) is 6.17 Å². The lowest BCUT2D eigenvalue weighted by atomic mass is 9.95. The molecule has 1 aromatic rings. The highest BCUT2D eigenvalue weighted by atomic mass is 19.1. The van der Waals surface area contributed by atoms with Gasteiger partial charge in [-0.25, -0.2) is 9.18 Å². The van der Waals surface area contributed by atoms with Gasteiger partial charge in [0.25, 0.3) is 0 Å². The molecule has 15 heavy (non-hydrogen) atoms. The number of carbonyl (C=O) groups is 1. The summed E-state index contributed by atoms with van der Waals surface area (Å²) in [5, 5.41) is 8.62. The lowest BCUT2D eigenvalue weighted by Crippen LogP contribution is -2.09. The predicted molar refractivity (Wildman–Crippen MR) is 56.5 cm³/mol. The van der Waals surface area contributed by atoms with Crippen molar-refractivity contribution in [1.82, 2.24) is 0 Å². The number of hydrogen-bond donors (Lipinski definition) is 1. The van der Waals surface area contributed by atoms with E-state index in [-0.39, 0.29) is 5.56 Å². The van der Waals surface area contributed by atoms with Crippen molar-refractivity contribution in [3.63, 3.8) is 0 Å². The Kier molecular flexibility index (Phi) is 3.83. The summed E-state index contributed by atoms with van der Waals surface area (Å²) in [6.45, 7) is 4.04. The van der Waals surface area contributed by atoms with Crippen molar-refractivity contribution in [2.45, 2.75) is 26.4 Å². The fraction of sp³-hybridized carbons (Fsp3) is 0.417. The fourth-order valence-corrected chi connectivity index (χ4v) is 1.54. The van der Waals surface area contributed by atoms with Crippen LogP contribution in [-0.2, 0) is 11.2 Å². The van der Waals surface area contributed by atoms with Crippen LogP contribution in [0.3, 0.4) is 0 Å². The Hall–Kier alpha value is -1.38. The molecular formula is C12H15FO2. The third-order valence-electron chi connectivity index (χ3n) is 2.17. The van der Waals surface area contributed by atoms with E-state index in [9.17, 15) is 9.18 Å². The van der Waals surface area contributed by atoms with Crippen LogP contribution in [0.5, 0.6) is 0 Å². The summed E-state index contributed by atoms with van der Waals surface area (Å²) in [5.41, 5.74) is 1.06. The second kappa shape index (κ2) is 4.91. The quantitative estimate of drug-likeness (QED) is 0.829. The van der Waals surface area contributed by atoms with E-state index in [1.807, 2.05) is 13.8 Å². The molecule has 1 N–H and O–H groups in total. The van der Waals surface area contributed by atoms with Crippen molar-refractivity contribution in [2.75, 3.05) is 0 Å². The molecule has 0 aliphatic heterocycles. The van der Waals surface area contributed by atoms with Gasteiger partial charge in [0.05, 0.1) is 0 Å². The van der Waals surface area contributed by atoms with Crippen molar-refractivity contribution >= 4 is 5.97 Å². The molecule has 0 spiro atoms. The number of aliphatic carboxylic acids is 1. The van der Waals surface area contributed by atoms with Gasteiger partial charge in [-0.3, -0.25) is 0 Å². The second-order valence-electron chi connectivity index (χ2n) is 4.00. The number of carboxylic acid groups (broad SMARTS) is 1. The largest absolute Gasteiger partial charge is 0.479 e. The summed E-state index contributed by atoms with van der Waals surface area (Å²) in [6.07, 6.45) is -1.22. The van der Waals surface area contributed by atoms with Gasteiger partial charge in [-0.15, -0.1) is 0 Å². The molecule has 0 aliphatic carbocycles. The van der Waals surface area contributed by atoms with E-state index in [0.717, 1.165) is 5.56 Å². The summed E-state index contributed by atoms with van der Waals surface area (Å²) in [4.78, 5) is 10.6. The maximum absolute atomic E-state index is 13.4. The zero-order valence-electron chi connectivity index (χ0n) is 8.90. The van der Waals surface area contributed by atoms with Crippen LogP contribution >= 0.6 is 0 Å². The molecule has 0 amide bonds. The van der Waals surface area contributed by atoms with E-state index < -0.39 is 12.1 Å². The van der Waals surface area contributed by atoms with Crippen LogP contribution in [0.1, 0.15) is 31.1 Å². The van der Waals surface area contributed by atoms with E-state index in [0.29, 0.717) is 12.3 Å². The Morgan fingerprint density at radius 1 is 1.40 bits per heavy atom. The number of hydrogen-bond acceptors (Lipinski definition) is 1. The first-order chi connectivity index (χ1) is 7.02. The topological polar surface area (TPSA) is 37.3 Å². The zero-order chi connectivity index (χ0) is 11.4. The van der Waals surface area contributed by atoms with Crippen LogP contribution < -0.4 is 0 Å². The lowest BCUT2D eigenvalue weighted by Gasteiger charge is -2.12. The normalized spacial score (nSPS) is 12.8. The van der Waals surface area contributed by atoms with Gasteiger partial charge in [0.1, 0.15) is 0 Å². The number of halogens is 1. The number of alkyl halides is 1. The molecule has 3 heteroatoms. The van der Waals surface area contributed by atoms with Gasteiger partial charge in [0, 0.05) is 5.56 Å². The predicted octanol–water partition coefficient (Wildman–Crippen LogP) is 2.98. The molecule has 0 saturated heterocycles. The highest BCUT2D eigenvalue weighted by Gasteiger charge is 2.21. The Morgan fingerprint density at radius 2 is 2.00 bits per heavy atom. The third-order valence-corrected chi connectivity index (χ3v) is 2.17. The zero-order valence-corrected chi connectivity index (χ0v) is 8.90. The molecule has 0 aromatic heterocycles. The van der Waals surface area contributed by atoms with Crippen LogP contribution in [0.2, 0.25) is 0 Å². The van der Waals surface area contributed by atoms with Crippen molar-refractivity contribution in [2.24, 2.45) is 5.92 Å². The average molecular weight is 210 g/mol. The minimum Gasteiger partial charge on any atom is -0.479 e. The van der Waals surface area contributed by atoms with Gasteiger partial charge in [0.15, 0.2) is 0 Å². The molecule has 0 radical (unpaired) electrons. The summed E-state index contributed by atoms with van der Waals surface area (Å²) in [6, 6.07) is 6.78. The van der Waals surface area contributed by atoms with Gasteiger partial charge in [-0.1, -0.05) is 38.1 Å². The summed E-state index contributed by atoms with van der Waals surface area (Å²) in [5.74, 6) is -1.04. The highest BCUT2D eigenvalue weighted by Crippen LogP contribution is 2.23. The van der Waals surface area contributed by atoms with Crippen LogP contribution in [0.15, 0.2) is 24.3 Å². The average Bonchev–Trinajstić information content (AvgIpc) is 2.16. The molecule has 0 heterocycles. The van der Waals surface area contributed by atoms with E-state index in [1.165, 1.54) is 6.07 Å². The molecule has 2 nitrogen and oxygen atoms in total. The van der Waals surface area contributed by atoms with Crippen LogP contribution in [0.25, 0.3) is 0 Å². The van der Waals surface area contributed by atoms with Crippen molar-refractivity contribution < 1.29 is 14.3 Å². The highest BCUT2D eigenvalue weighted by molar-refractivity contribution is 5.74. The fourth-order valence-electron chi connectivity index (χ4n) is 1.54. The van der Waals surface area contributed by atoms with Crippen LogP contribution in [0, 0.1) is 5.92 Å². The Bertz CT molecular complexity index is 347. The Labute approximate surface area is 88.7 Å². The van der Waals surface area contributed by atoms with Crippen molar-refractivity contribution in [3.8, 4) is 0 Å². The molecule has 1 rings (SSSR count). The molecule has 0 aliphatic rings. The Balaban J connectivity index is 3.00. The van der Waals surface area contributed by atoms with Crippen molar-refractivity contribution in [3.05, 3.63) is 35.4 Å². The van der Waals surface area contributed by atoms with E-state index in [4.69, 9.17) is 5.11 Å². The van der Waals surface area contributed by atoms with Crippen molar-refractivity contribution in [1.29, 1.82) is 0 Å². The van der Waals surface area contributed by atoms with Gasteiger partial charge < -0.3 is 5.11 Å². The summed E-state index contributed by atoms with van der Waals surface area (Å²) >= 11 is 0. The molecular weight excluding hydrogens is 195 g/mol. The van der Waals surface area contributed by atoms with E-state index in [2.05, 4.69) is 0 Å². The lowest BCUT2D eigenvalue weighted by molar-refractivity contribution is -0.143. The minimum absolute atomic E-state index is 0.277. The number of benzene rings is 1. The summed E-state index contributed by atoms with van der Waals surface area (Å²) in [7, 11) is 0.